The van der Waals surface area contributed by atoms with Gasteiger partial charge >= 0.3 is 0 Å². The van der Waals surface area contributed by atoms with Crippen molar-refractivity contribution >= 4 is 46.4 Å². The molecule has 2 aromatic heterocycles. The minimum absolute atomic E-state index is 0.0885. The highest BCUT2D eigenvalue weighted by atomic mass is 32.2. The van der Waals surface area contributed by atoms with Crippen LogP contribution in [0.3, 0.4) is 0 Å². The molecule has 1 fully saturated rings. The predicted molar refractivity (Wildman–Crippen MR) is 164 cm³/mol. The van der Waals surface area contributed by atoms with Gasteiger partial charge in [-0.25, -0.2) is 0 Å². The molecule has 0 spiro atoms. The molecule has 4 heterocycles. The first-order valence-corrected chi connectivity index (χ1v) is 15.7. The molecule has 11 heteroatoms. The van der Waals surface area contributed by atoms with Crippen LogP contribution in [0.5, 0.6) is 0 Å². The minimum atomic E-state index is -0.978. The topological polar surface area (TPSA) is 131 Å². The average Bonchev–Trinajstić information content (AvgIpc) is 3.57. The molecule has 0 aliphatic carbocycles. The monoisotopic (exact) mass is 612 g/mol. The molecule has 226 valence electrons. The lowest BCUT2D eigenvalue weighted by Crippen LogP contribution is -2.54. The van der Waals surface area contributed by atoms with Gasteiger partial charge in [-0.05, 0) is 61.7 Å². The van der Waals surface area contributed by atoms with Crippen molar-refractivity contribution in [2.45, 2.75) is 42.7 Å². The number of rotatable bonds is 13. The molecular weight excluding hydrogens is 580 g/mol. The highest BCUT2D eigenvalue weighted by Crippen LogP contribution is 2.34. The van der Waals surface area contributed by atoms with Gasteiger partial charge in [0.1, 0.15) is 17.4 Å². The van der Waals surface area contributed by atoms with Crippen molar-refractivity contribution in [1.82, 2.24) is 20.5 Å². The standard InChI is InChI=1S/C33H32N4O6S/c38-28-13-12-24(31(39)36-28)37-32(40)23-9-5-11-27(29(23)33(37)41)44-18-17-42-16-4-3-15-35-30(22-8-6-14-34-20-22)26-19-21-7-1-2-10-25(21)43-26/h1-2,5-11,14,19-20,24,30,35H,3-4,12-13,15-18H2,(H,36,38,39). The number of ether oxygens (including phenoxy) is 1. The summed E-state index contributed by atoms with van der Waals surface area (Å²) in [6.07, 6.45) is 5.60. The zero-order valence-corrected chi connectivity index (χ0v) is 24.8. The number of hydrogen-bond donors (Lipinski definition) is 2. The number of hydrogen-bond acceptors (Lipinski definition) is 9. The molecular formula is C33H32N4O6S. The van der Waals surface area contributed by atoms with E-state index in [9.17, 15) is 19.2 Å². The second kappa shape index (κ2) is 13.5. The number of amides is 4. The Balaban J connectivity index is 0.955. The summed E-state index contributed by atoms with van der Waals surface area (Å²) >= 11 is 1.44. The number of benzene rings is 2. The number of carbonyl (C=O) groups is 4. The zero-order chi connectivity index (χ0) is 30.5. The van der Waals surface area contributed by atoms with E-state index in [-0.39, 0.29) is 24.4 Å². The lowest BCUT2D eigenvalue weighted by atomic mass is 10.0. The summed E-state index contributed by atoms with van der Waals surface area (Å²) in [6.45, 7) is 1.85. The number of carbonyl (C=O) groups excluding carboxylic acids is 4. The Morgan fingerprint density at radius 3 is 2.73 bits per heavy atom. The van der Waals surface area contributed by atoms with E-state index in [0.29, 0.717) is 29.4 Å². The molecule has 4 amide bonds. The van der Waals surface area contributed by atoms with Gasteiger partial charge in [0.05, 0.1) is 23.8 Å². The van der Waals surface area contributed by atoms with Crippen molar-refractivity contribution in [3.05, 3.63) is 95.5 Å². The van der Waals surface area contributed by atoms with Gasteiger partial charge in [0.2, 0.25) is 11.8 Å². The van der Waals surface area contributed by atoms with E-state index >= 15 is 0 Å². The molecule has 4 aromatic rings. The lowest BCUT2D eigenvalue weighted by molar-refractivity contribution is -0.136. The third kappa shape index (κ3) is 6.30. The fourth-order valence-electron chi connectivity index (χ4n) is 5.57. The largest absolute Gasteiger partial charge is 0.459 e. The first-order valence-electron chi connectivity index (χ1n) is 14.7. The Labute approximate surface area is 258 Å². The van der Waals surface area contributed by atoms with Crippen LogP contribution in [0.2, 0.25) is 0 Å². The van der Waals surface area contributed by atoms with Gasteiger partial charge in [0, 0.05) is 41.5 Å². The summed E-state index contributed by atoms with van der Waals surface area (Å²) in [7, 11) is 0. The molecule has 2 aliphatic rings. The molecule has 6 rings (SSSR count). The van der Waals surface area contributed by atoms with Crippen LogP contribution in [0.15, 0.2) is 82.4 Å². The normalized spacial score (nSPS) is 17.3. The number of furan rings is 1. The fraction of sp³-hybridized carbons (Fsp3) is 0.303. The van der Waals surface area contributed by atoms with Gasteiger partial charge in [0.15, 0.2) is 0 Å². The molecule has 2 N–H and O–H groups in total. The maximum atomic E-state index is 13.2. The molecule has 2 unspecified atom stereocenters. The van der Waals surface area contributed by atoms with Crippen LogP contribution in [0.1, 0.15) is 63.8 Å². The van der Waals surface area contributed by atoms with Gasteiger partial charge in [-0.2, -0.15) is 0 Å². The first kappa shape index (κ1) is 29.7. The summed E-state index contributed by atoms with van der Waals surface area (Å²) in [5.41, 5.74) is 2.48. The van der Waals surface area contributed by atoms with Crippen LogP contribution in [0.4, 0.5) is 0 Å². The number of imide groups is 2. The fourth-order valence-corrected chi connectivity index (χ4v) is 6.50. The summed E-state index contributed by atoms with van der Waals surface area (Å²) < 4.78 is 12.0. The van der Waals surface area contributed by atoms with Crippen molar-refractivity contribution < 1.29 is 28.3 Å². The van der Waals surface area contributed by atoms with Crippen LogP contribution in [-0.4, -0.2) is 65.1 Å². The molecule has 10 nitrogen and oxygen atoms in total. The number of para-hydroxylation sites is 1. The Morgan fingerprint density at radius 1 is 1.02 bits per heavy atom. The summed E-state index contributed by atoms with van der Waals surface area (Å²) in [6, 6.07) is 18.0. The van der Waals surface area contributed by atoms with Crippen molar-refractivity contribution in [1.29, 1.82) is 0 Å². The van der Waals surface area contributed by atoms with Gasteiger partial charge < -0.3 is 14.5 Å². The quantitative estimate of drug-likeness (QED) is 0.127. The number of fused-ring (bicyclic) bond motifs is 2. The third-order valence-electron chi connectivity index (χ3n) is 7.73. The number of unbranched alkanes of at least 4 members (excludes halogenated alkanes) is 1. The van der Waals surface area contributed by atoms with Crippen LogP contribution < -0.4 is 10.6 Å². The van der Waals surface area contributed by atoms with Gasteiger partial charge in [-0.3, -0.25) is 34.4 Å². The molecule has 0 bridgehead atoms. The van der Waals surface area contributed by atoms with E-state index in [1.165, 1.54) is 11.8 Å². The molecule has 2 aromatic carbocycles. The second-order valence-electron chi connectivity index (χ2n) is 10.7. The minimum Gasteiger partial charge on any atom is -0.459 e. The van der Waals surface area contributed by atoms with Gasteiger partial charge in [-0.1, -0.05) is 30.3 Å². The smallest absolute Gasteiger partial charge is 0.263 e. The van der Waals surface area contributed by atoms with E-state index in [0.717, 1.165) is 46.6 Å². The lowest BCUT2D eigenvalue weighted by Gasteiger charge is -2.27. The van der Waals surface area contributed by atoms with Crippen molar-refractivity contribution in [2.24, 2.45) is 0 Å². The number of nitrogens with zero attached hydrogens (tertiary/aromatic N) is 2. The Kier molecular flexibility index (Phi) is 9.15. The molecule has 44 heavy (non-hydrogen) atoms. The maximum Gasteiger partial charge on any atom is 0.263 e. The summed E-state index contributed by atoms with van der Waals surface area (Å²) in [5, 5.41) is 6.89. The van der Waals surface area contributed by atoms with Crippen LogP contribution in [0.25, 0.3) is 11.0 Å². The number of aromatic nitrogens is 1. The second-order valence-corrected chi connectivity index (χ2v) is 11.8. The average molecular weight is 613 g/mol. The van der Waals surface area contributed by atoms with Gasteiger partial charge in [-0.15, -0.1) is 11.8 Å². The number of nitrogens with one attached hydrogen (secondary N) is 2. The molecule has 0 radical (unpaired) electrons. The first-order chi connectivity index (χ1) is 21.5. The van der Waals surface area contributed by atoms with Crippen LogP contribution in [-0.2, 0) is 14.3 Å². The summed E-state index contributed by atoms with van der Waals surface area (Å²) in [4.78, 5) is 56.1. The van der Waals surface area contributed by atoms with Crippen LogP contribution >= 0.6 is 11.8 Å². The molecule has 1 saturated heterocycles. The maximum absolute atomic E-state index is 13.2. The van der Waals surface area contributed by atoms with E-state index < -0.39 is 29.7 Å². The van der Waals surface area contributed by atoms with Gasteiger partial charge in [0.25, 0.3) is 11.8 Å². The number of piperidine rings is 1. The highest BCUT2D eigenvalue weighted by molar-refractivity contribution is 7.99. The van der Waals surface area contributed by atoms with E-state index in [1.807, 2.05) is 42.6 Å². The number of thioether (sulfide) groups is 1. The Hall–Kier alpha value is -4.32. The number of pyridine rings is 1. The van der Waals surface area contributed by atoms with E-state index in [1.54, 1.807) is 24.4 Å². The van der Waals surface area contributed by atoms with E-state index in [2.05, 4.69) is 21.7 Å². The van der Waals surface area contributed by atoms with Crippen molar-refractivity contribution in [3.8, 4) is 0 Å². The predicted octanol–water partition coefficient (Wildman–Crippen LogP) is 4.50. The Bertz CT molecular complexity index is 1660. The van der Waals surface area contributed by atoms with E-state index in [4.69, 9.17) is 9.15 Å². The Morgan fingerprint density at radius 2 is 1.91 bits per heavy atom. The third-order valence-corrected chi connectivity index (χ3v) is 8.75. The zero-order valence-electron chi connectivity index (χ0n) is 24.0. The van der Waals surface area contributed by atoms with Crippen LogP contribution in [0, 0.1) is 0 Å². The molecule has 2 atom stereocenters. The molecule has 2 aliphatic heterocycles. The van der Waals surface area contributed by atoms with Crippen molar-refractivity contribution in [3.63, 3.8) is 0 Å². The van der Waals surface area contributed by atoms with Crippen molar-refractivity contribution in [2.75, 3.05) is 25.5 Å². The molecule has 0 saturated carbocycles. The SMILES string of the molecule is O=C1CCC(N2C(=O)c3cccc(SCCOCCCCNC(c4cccnc4)c4cc5ccccc5o4)c3C2=O)C(=O)N1. The summed E-state index contributed by atoms with van der Waals surface area (Å²) in [5.74, 6) is -0.562. The highest BCUT2D eigenvalue weighted by Gasteiger charge is 2.45.